The van der Waals surface area contributed by atoms with E-state index in [9.17, 15) is 9.18 Å². The van der Waals surface area contributed by atoms with Gasteiger partial charge in [-0.15, -0.1) is 0 Å². The predicted molar refractivity (Wildman–Crippen MR) is 79.9 cm³/mol. The molecule has 0 aliphatic rings. The molecule has 0 fully saturated rings. The zero-order valence-electron chi connectivity index (χ0n) is 11.2. The summed E-state index contributed by atoms with van der Waals surface area (Å²) in [5, 5.41) is 0. The summed E-state index contributed by atoms with van der Waals surface area (Å²) in [4.78, 5) is 12.5. The van der Waals surface area contributed by atoms with Crippen LogP contribution in [0.3, 0.4) is 0 Å². The highest BCUT2D eigenvalue weighted by molar-refractivity contribution is 9.10. The van der Waals surface area contributed by atoms with Crippen LogP contribution in [0.15, 0.2) is 40.9 Å². The van der Waals surface area contributed by atoms with Crippen LogP contribution in [0.5, 0.6) is 5.75 Å². The van der Waals surface area contributed by atoms with Gasteiger partial charge < -0.3 is 4.74 Å². The van der Waals surface area contributed by atoms with E-state index in [1.807, 2.05) is 13.0 Å². The van der Waals surface area contributed by atoms with Crippen molar-refractivity contribution in [1.29, 1.82) is 0 Å². The predicted octanol–water partition coefficient (Wildman–Crippen LogP) is 4.53. The lowest BCUT2D eigenvalue weighted by molar-refractivity contribution is 0.103. The Kier molecular flexibility index (Phi) is 4.55. The van der Waals surface area contributed by atoms with E-state index in [2.05, 4.69) is 15.9 Å². The van der Waals surface area contributed by atoms with Crippen molar-refractivity contribution >= 4 is 21.7 Å². The molecule has 2 aromatic rings. The maximum Gasteiger partial charge on any atom is 0.196 e. The Morgan fingerprint density at radius 2 is 2.00 bits per heavy atom. The van der Waals surface area contributed by atoms with Gasteiger partial charge in [-0.05, 0) is 55.8 Å². The van der Waals surface area contributed by atoms with Crippen LogP contribution in [0.1, 0.15) is 28.4 Å². The summed E-state index contributed by atoms with van der Waals surface area (Å²) in [6.07, 6.45) is 0. The molecule has 0 radical (unpaired) electrons. The average molecular weight is 337 g/mol. The normalized spacial score (nSPS) is 10.4. The summed E-state index contributed by atoms with van der Waals surface area (Å²) in [6, 6.07) is 9.62. The number of ether oxygens (including phenoxy) is 1. The van der Waals surface area contributed by atoms with Gasteiger partial charge in [-0.2, -0.15) is 0 Å². The second-order valence-corrected chi connectivity index (χ2v) is 5.28. The van der Waals surface area contributed by atoms with Gasteiger partial charge in [-0.1, -0.05) is 15.9 Å². The van der Waals surface area contributed by atoms with Gasteiger partial charge in [0.25, 0.3) is 0 Å². The summed E-state index contributed by atoms with van der Waals surface area (Å²) in [6.45, 7) is 3.97. The summed E-state index contributed by atoms with van der Waals surface area (Å²) >= 11 is 3.35. The van der Waals surface area contributed by atoms with E-state index >= 15 is 0 Å². The molecule has 0 atom stereocenters. The third-order valence-electron chi connectivity index (χ3n) is 2.91. The van der Waals surface area contributed by atoms with Gasteiger partial charge in [0.1, 0.15) is 11.6 Å². The highest BCUT2D eigenvalue weighted by Crippen LogP contribution is 2.26. The lowest BCUT2D eigenvalue weighted by atomic mass is 10.0. The molecule has 2 rings (SSSR count). The molecular formula is C16H14BrFO2. The molecule has 0 aromatic heterocycles. The number of halogens is 2. The van der Waals surface area contributed by atoms with Crippen LogP contribution in [0.4, 0.5) is 4.39 Å². The van der Waals surface area contributed by atoms with Crippen molar-refractivity contribution in [2.24, 2.45) is 0 Å². The molecule has 0 bridgehead atoms. The van der Waals surface area contributed by atoms with Crippen LogP contribution in [-0.2, 0) is 0 Å². The maximum absolute atomic E-state index is 13.3. The monoisotopic (exact) mass is 336 g/mol. The van der Waals surface area contributed by atoms with E-state index < -0.39 is 0 Å². The van der Waals surface area contributed by atoms with Crippen LogP contribution in [0, 0.1) is 12.7 Å². The van der Waals surface area contributed by atoms with Crippen LogP contribution in [0.2, 0.25) is 0 Å². The SMILES string of the molecule is CCOc1ccc(Br)cc1C(=O)c1ccc(F)c(C)c1. The van der Waals surface area contributed by atoms with Gasteiger partial charge in [0.2, 0.25) is 0 Å². The van der Waals surface area contributed by atoms with Crippen LogP contribution < -0.4 is 4.74 Å². The minimum atomic E-state index is -0.319. The molecule has 4 heteroatoms. The third-order valence-corrected chi connectivity index (χ3v) is 3.40. The van der Waals surface area contributed by atoms with Crippen LogP contribution in [-0.4, -0.2) is 12.4 Å². The first kappa shape index (κ1) is 14.7. The second-order valence-electron chi connectivity index (χ2n) is 4.37. The Bertz CT molecular complexity index is 653. The lowest BCUT2D eigenvalue weighted by Gasteiger charge is -2.10. The Morgan fingerprint density at radius 1 is 1.25 bits per heavy atom. The molecule has 0 saturated carbocycles. The summed E-state index contributed by atoms with van der Waals surface area (Å²) in [7, 11) is 0. The molecule has 0 aliphatic carbocycles. The highest BCUT2D eigenvalue weighted by atomic mass is 79.9. The van der Waals surface area contributed by atoms with Gasteiger partial charge in [0.15, 0.2) is 5.78 Å². The van der Waals surface area contributed by atoms with Crippen molar-refractivity contribution in [2.45, 2.75) is 13.8 Å². The molecular weight excluding hydrogens is 323 g/mol. The fourth-order valence-corrected chi connectivity index (χ4v) is 2.26. The van der Waals surface area contributed by atoms with E-state index in [0.717, 1.165) is 4.47 Å². The zero-order valence-corrected chi connectivity index (χ0v) is 12.8. The van der Waals surface area contributed by atoms with Crippen molar-refractivity contribution < 1.29 is 13.9 Å². The maximum atomic E-state index is 13.3. The van der Waals surface area contributed by atoms with Crippen LogP contribution >= 0.6 is 15.9 Å². The number of carbonyl (C=O) groups excluding carboxylic acids is 1. The molecule has 0 saturated heterocycles. The largest absolute Gasteiger partial charge is 0.493 e. The number of rotatable bonds is 4. The van der Waals surface area contributed by atoms with Gasteiger partial charge in [0.05, 0.1) is 12.2 Å². The van der Waals surface area contributed by atoms with Gasteiger partial charge in [-0.25, -0.2) is 4.39 Å². The number of aryl methyl sites for hydroxylation is 1. The first-order chi connectivity index (χ1) is 9.52. The average Bonchev–Trinajstić information content (AvgIpc) is 2.43. The smallest absolute Gasteiger partial charge is 0.196 e. The molecule has 0 heterocycles. The Balaban J connectivity index is 2.46. The van der Waals surface area contributed by atoms with Crippen molar-refractivity contribution in [1.82, 2.24) is 0 Å². The van der Waals surface area contributed by atoms with Gasteiger partial charge in [-0.3, -0.25) is 4.79 Å². The van der Waals surface area contributed by atoms with Crippen molar-refractivity contribution in [3.8, 4) is 5.75 Å². The van der Waals surface area contributed by atoms with E-state index in [-0.39, 0.29) is 11.6 Å². The fraction of sp³-hybridized carbons (Fsp3) is 0.188. The second kappa shape index (κ2) is 6.18. The molecule has 104 valence electrons. The molecule has 0 spiro atoms. The molecule has 20 heavy (non-hydrogen) atoms. The number of benzene rings is 2. The summed E-state index contributed by atoms with van der Waals surface area (Å²) < 4.78 is 19.6. The van der Waals surface area contributed by atoms with Crippen molar-refractivity contribution in [3.63, 3.8) is 0 Å². The van der Waals surface area contributed by atoms with E-state index in [4.69, 9.17) is 4.74 Å². The quantitative estimate of drug-likeness (QED) is 0.767. The molecule has 2 aromatic carbocycles. The molecule has 0 amide bonds. The molecule has 0 N–H and O–H groups in total. The molecule has 2 nitrogen and oxygen atoms in total. The molecule has 0 aliphatic heterocycles. The first-order valence-electron chi connectivity index (χ1n) is 6.26. The van der Waals surface area contributed by atoms with Gasteiger partial charge >= 0.3 is 0 Å². The van der Waals surface area contributed by atoms with Gasteiger partial charge in [0, 0.05) is 10.0 Å². The summed E-state index contributed by atoms with van der Waals surface area (Å²) in [5.74, 6) is 0.0290. The standard InChI is InChI=1S/C16H14BrFO2/c1-3-20-15-7-5-12(17)9-13(15)16(19)11-4-6-14(18)10(2)8-11/h4-9H,3H2,1-2H3. The zero-order chi connectivity index (χ0) is 14.7. The lowest BCUT2D eigenvalue weighted by Crippen LogP contribution is -2.06. The van der Waals surface area contributed by atoms with E-state index in [1.54, 1.807) is 25.1 Å². The van der Waals surface area contributed by atoms with Crippen molar-refractivity contribution in [2.75, 3.05) is 6.61 Å². The van der Waals surface area contributed by atoms with Crippen molar-refractivity contribution in [3.05, 3.63) is 63.4 Å². The van der Waals surface area contributed by atoms with E-state index in [1.165, 1.54) is 12.1 Å². The Hall–Kier alpha value is -1.68. The Labute approximate surface area is 125 Å². The molecule has 0 unspecified atom stereocenters. The highest BCUT2D eigenvalue weighted by Gasteiger charge is 2.16. The minimum absolute atomic E-state index is 0.183. The number of carbonyl (C=O) groups is 1. The van der Waals surface area contributed by atoms with E-state index in [0.29, 0.717) is 29.0 Å². The topological polar surface area (TPSA) is 26.3 Å². The van der Waals surface area contributed by atoms with Crippen LogP contribution in [0.25, 0.3) is 0 Å². The number of hydrogen-bond acceptors (Lipinski definition) is 2. The third kappa shape index (κ3) is 3.07. The first-order valence-corrected chi connectivity index (χ1v) is 7.05. The fourth-order valence-electron chi connectivity index (χ4n) is 1.90. The number of ketones is 1. The Morgan fingerprint density at radius 3 is 2.65 bits per heavy atom. The summed E-state index contributed by atoms with van der Waals surface area (Å²) in [5.41, 5.74) is 1.36. The number of hydrogen-bond donors (Lipinski definition) is 0. The minimum Gasteiger partial charge on any atom is -0.493 e.